The fourth-order valence-electron chi connectivity index (χ4n) is 3.24. The second-order valence-corrected chi connectivity index (χ2v) is 5.94. The Morgan fingerprint density at radius 2 is 2.09 bits per heavy atom. The molecule has 0 radical (unpaired) electrons. The summed E-state index contributed by atoms with van der Waals surface area (Å²) in [7, 11) is 0. The second kappa shape index (κ2) is 6.07. The molecule has 0 aromatic carbocycles. The molecule has 0 spiro atoms. The Hall–Kier alpha value is -2.29. The van der Waals surface area contributed by atoms with Crippen molar-refractivity contribution in [2.45, 2.75) is 12.8 Å². The quantitative estimate of drug-likeness (QED) is 0.744. The first-order chi connectivity index (χ1) is 11.3. The molecule has 9 nitrogen and oxygen atoms in total. The van der Waals surface area contributed by atoms with E-state index < -0.39 is 0 Å². The van der Waals surface area contributed by atoms with Crippen molar-refractivity contribution in [3.05, 3.63) is 12.1 Å². The molecule has 2 saturated heterocycles. The third kappa shape index (κ3) is 2.83. The largest absolute Gasteiger partial charge is 0.378 e. The van der Waals surface area contributed by atoms with Crippen LogP contribution in [0.15, 0.2) is 12.1 Å². The average Bonchev–Trinajstić information content (AvgIpc) is 3.09. The van der Waals surface area contributed by atoms with Gasteiger partial charge in [-0.05, 0) is 35.4 Å². The number of fused-ring (bicyclic) bond motifs is 1. The molecule has 9 heteroatoms. The van der Waals surface area contributed by atoms with Gasteiger partial charge in [0, 0.05) is 26.2 Å². The Balaban J connectivity index is 1.48. The predicted octanol–water partition coefficient (Wildman–Crippen LogP) is -0.405. The lowest BCUT2D eigenvalue weighted by atomic mass is 9.96. The lowest BCUT2D eigenvalue weighted by Gasteiger charge is -2.36. The fourth-order valence-corrected chi connectivity index (χ4v) is 3.24. The number of morpholine rings is 1. The molecule has 4 rings (SSSR count). The molecule has 1 amide bonds. The highest BCUT2D eigenvalue weighted by Crippen LogP contribution is 2.23. The molecule has 2 fully saturated rings. The van der Waals surface area contributed by atoms with Gasteiger partial charge in [0.25, 0.3) is 0 Å². The summed E-state index contributed by atoms with van der Waals surface area (Å²) in [6, 6.07) is 3.75. The number of amides is 1. The number of rotatable bonds is 2. The summed E-state index contributed by atoms with van der Waals surface area (Å²) in [6.45, 7) is 4.26. The van der Waals surface area contributed by atoms with Crippen LogP contribution < -0.4 is 4.90 Å². The van der Waals surface area contributed by atoms with Crippen molar-refractivity contribution in [2.75, 3.05) is 44.3 Å². The van der Waals surface area contributed by atoms with Crippen LogP contribution >= 0.6 is 0 Å². The molecule has 0 aliphatic carbocycles. The molecule has 2 aliphatic heterocycles. The van der Waals surface area contributed by atoms with Crippen LogP contribution in [0.25, 0.3) is 5.65 Å². The van der Waals surface area contributed by atoms with Crippen LogP contribution in [-0.2, 0) is 9.53 Å². The molecule has 1 atom stereocenters. The highest BCUT2D eigenvalue weighted by molar-refractivity contribution is 5.79. The zero-order valence-corrected chi connectivity index (χ0v) is 12.8. The highest BCUT2D eigenvalue weighted by atomic mass is 16.5. The summed E-state index contributed by atoms with van der Waals surface area (Å²) < 4.78 is 6.74. The number of piperidine rings is 1. The molecule has 0 unspecified atom stereocenters. The van der Waals surface area contributed by atoms with E-state index in [0.29, 0.717) is 38.5 Å². The third-order valence-corrected chi connectivity index (χ3v) is 4.47. The Morgan fingerprint density at radius 1 is 1.22 bits per heavy atom. The highest BCUT2D eigenvalue weighted by Gasteiger charge is 2.30. The van der Waals surface area contributed by atoms with Gasteiger partial charge in [-0.15, -0.1) is 14.8 Å². The number of tetrazole rings is 1. The van der Waals surface area contributed by atoms with Crippen LogP contribution in [0.1, 0.15) is 12.8 Å². The zero-order valence-electron chi connectivity index (χ0n) is 12.8. The van der Waals surface area contributed by atoms with Crippen LogP contribution in [0.4, 0.5) is 5.82 Å². The molecule has 0 N–H and O–H groups in total. The van der Waals surface area contributed by atoms with Gasteiger partial charge in [-0.3, -0.25) is 4.79 Å². The van der Waals surface area contributed by atoms with Crippen LogP contribution in [0.2, 0.25) is 0 Å². The van der Waals surface area contributed by atoms with Crippen molar-refractivity contribution < 1.29 is 9.53 Å². The van der Waals surface area contributed by atoms with Crippen molar-refractivity contribution in [1.29, 1.82) is 0 Å². The van der Waals surface area contributed by atoms with E-state index in [1.165, 1.54) is 4.63 Å². The van der Waals surface area contributed by atoms with Gasteiger partial charge in [0.05, 0.1) is 19.1 Å². The van der Waals surface area contributed by atoms with E-state index in [4.69, 9.17) is 4.74 Å². The smallest absolute Gasteiger partial charge is 0.227 e. The van der Waals surface area contributed by atoms with Crippen LogP contribution in [0.5, 0.6) is 0 Å². The van der Waals surface area contributed by atoms with E-state index in [1.54, 1.807) is 0 Å². The second-order valence-electron chi connectivity index (χ2n) is 5.94. The van der Waals surface area contributed by atoms with Gasteiger partial charge in [0.1, 0.15) is 0 Å². The third-order valence-electron chi connectivity index (χ3n) is 4.47. The van der Waals surface area contributed by atoms with Gasteiger partial charge in [-0.25, -0.2) is 0 Å². The summed E-state index contributed by atoms with van der Waals surface area (Å²) >= 11 is 0. The standard InChI is InChI=1S/C14H19N7O2/c22-14(19-6-8-23-9-7-19)11-2-1-5-20(10-11)13-4-3-12-15-17-18-21(12)16-13/h3-4,11H,1-2,5-10H2/t11-/m0/s1. The van der Waals surface area contributed by atoms with Crippen molar-refractivity contribution in [2.24, 2.45) is 5.92 Å². The summed E-state index contributed by atoms with van der Waals surface area (Å²) in [5, 5.41) is 15.7. The summed E-state index contributed by atoms with van der Waals surface area (Å²) in [5.74, 6) is 1.07. The maximum atomic E-state index is 12.7. The lowest BCUT2D eigenvalue weighted by Crippen LogP contribution is -2.48. The normalized spacial score (nSPS) is 22.5. The van der Waals surface area contributed by atoms with E-state index in [2.05, 4.69) is 25.5 Å². The number of hydrogen-bond acceptors (Lipinski definition) is 7. The summed E-state index contributed by atoms with van der Waals surface area (Å²) in [4.78, 5) is 16.8. The molecule has 122 valence electrons. The molecule has 0 bridgehead atoms. The van der Waals surface area contributed by atoms with E-state index in [0.717, 1.165) is 25.2 Å². The van der Waals surface area contributed by atoms with Gasteiger partial charge in [-0.2, -0.15) is 0 Å². The van der Waals surface area contributed by atoms with Gasteiger partial charge in [0.2, 0.25) is 5.91 Å². The Morgan fingerprint density at radius 3 is 2.96 bits per heavy atom. The maximum Gasteiger partial charge on any atom is 0.227 e. The Labute approximate surface area is 133 Å². The van der Waals surface area contributed by atoms with Gasteiger partial charge < -0.3 is 14.5 Å². The molecule has 2 aromatic rings. The minimum absolute atomic E-state index is 0.0215. The van der Waals surface area contributed by atoms with Crippen LogP contribution in [-0.4, -0.2) is 75.5 Å². The molecular formula is C14H19N7O2. The molecule has 4 heterocycles. The van der Waals surface area contributed by atoms with Crippen LogP contribution in [0.3, 0.4) is 0 Å². The minimum atomic E-state index is 0.0215. The summed E-state index contributed by atoms with van der Waals surface area (Å²) in [6.07, 6.45) is 1.91. The SMILES string of the molecule is O=C([C@H]1CCCN(c2ccc3nnnn3n2)C1)N1CCOCC1. The van der Waals surface area contributed by atoms with E-state index in [1.807, 2.05) is 17.0 Å². The molecule has 0 saturated carbocycles. The van der Waals surface area contributed by atoms with Gasteiger partial charge >= 0.3 is 0 Å². The van der Waals surface area contributed by atoms with E-state index >= 15 is 0 Å². The number of hydrogen-bond donors (Lipinski definition) is 0. The topological polar surface area (TPSA) is 88.8 Å². The number of aromatic nitrogens is 5. The minimum Gasteiger partial charge on any atom is -0.378 e. The lowest BCUT2D eigenvalue weighted by molar-refractivity contribution is -0.139. The molecule has 2 aromatic heterocycles. The average molecular weight is 317 g/mol. The van der Waals surface area contributed by atoms with Crippen molar-refractivity contribution in [3.63, 3.8) is 0 Å². The predicted molar refractivity (Wildman–Crippen MR) is 80.9 cm³/mol. The Kier molecular flexibility index (Phi) is 3.78. The monoisotopic (exact) mass is 317 g/mol. The van der Waals surface area contributed by atoms with Crippen molar-refractivity contribution in [3.8, 4) is 0 Å². The number of carbonyl (C=O) groups excluding carboxylic acids is 1. The van der Waals surface area contributed by atoms with E-state index in [-0.39, 0.29) is 11.8 Å². The molecular weight excluding hydrogens is 298 g/mol. The van der Waals surface area contributed by atoms with Crippen molar-refractivity contribution in [1.82, 2.24) is 30.2 Å². The molecule has 2 aliphatic rings. The Bertz CT molecular complexity index is 697. The number of carbonyl (C=O) groups is 1. The number of nitrogens with zero attached hydrogens (tertiary/aromatic N) is 7. The zero-order chi connectivity index (χ0) is 15.6. The molecule has 23 heavy (non-hydrogen) atoms. The first-order valence-electron chi connectivity index (χ1n) is 7.98. The van der Waals surface area contributed by atoms with E-state index in [9.17, 15) is 4.79 Å². The van der Waals surface area contributed by atoms with Crippen LogP contribution in [0, 0.1) is 5.92 Å². The number of ether oxygens (including phenoxy) is 1. The first-order valence-corrected chi connectivity index (χ1v) is 7.98. The first kappa shape index (κ1) is 14.3. The van der Waals surface area contributed by atoms with Gasteiger partial charge in [0.15, 0.2) is 11.5 Å². The van der Waals surface area contributed by atoms with Crippen molar-refractivity contribution >= 4 is 17.4 Å². The fraction of sp³-hybridized carbons (Fsp3) is 0.643. The number of anilines is 1. The van der Waals surface area contributed by atoms with Gasteiger partial charge in [-0.1, -0.05) is 0 Å². The summed E-state index contributed by atoms with van der Waals surface area (Å²) in [5.41, 5.74) is 0.617. The maximum absolute atomic E-state index is 12.7.